The molecule has 0 N–H and O–H groups in total. The predicted molar refractivity (Wildman–Crippen MR) is 110 cm³/mol. The highest BCUT2D eigenvalue weighted by atomic mass is 32.1. The van der Waals surface area contributed by atoms with Gasteiger partial charge in [-0.15, -0.1) is 11.3 Å². The third-order valence-electron chi connectivity index (χ3n) is 5.28. The number of hydrogen-bond donors (Lipinski definition) is 0. The lowest BCUT2D eigenvalue weighted by Gasteiger charge is -2.32. The Morgan fingerprint density at radius 1 is 0.962 bits per heavy atom. The zero-order valence-electron chi connectivity index (χ0n) is 15.6. The number of carbonyl (C=O) groups excluding carboxylic acids is 1. The number of piperazine rings is 1. The van der Waals surface area contributed by atoms with E-state index in [1.54, 1.807) is 11.3 Å². The number of aryl methyl sites for hydroxylation is 2. The van der Waals surface area contributed by atoms with Gasteiger partial charge in [0, 0.05) is 31.1 Å². The number of nitrogens with zero attached hydrogens (tertiary/aromatic N) is 2. The van der Waals surface area contributed by atoms with Crippen molar-refractivity contribution in [3.8, 4) is 10.4 Å². The summed E-state index contributed by atoms with van der Waals surface area (Å²) in [5, 5.41) is 2.54. The Kier molecular flexibility index (Phi) is 4.55. The second-order valence-corrected chi connectivity index (χ2v) is 8.28. The minimum Gasteiger partial charge on any atom is -0.335 e. The summed E-state index contributed by atoms with van der Waals surface area (Å²) in [6, 6.07) is 15.1. The molecule has 26 heavy (non-hydrogen) atoms. The summed E-state index contributed by atoms with van der Waals surface area (Å²) >= 11 is 1.62. The Bertz CT molecular complexity index is 967. The van der Waals surface area contributed by atoms with Crippen LogP contribution >= 0.6 is 11.3 Å². The van der Waals surface area contributed by atoms with E-state index >= 15 is 0 Å². The first kappa shape index (κ1) is 17.3. The van der Waals surface area contributed by atoms with Crippen LogP contribution in [0.15, 0.2) is 42.5 Å². The molecule has 2 heterocycles. The average molecular weight is 365 g/mol. The summed E-state index contributed by atoms with van der Waals surface area (Å²) in [6.45, 7) is 7.78. The monoisotopic (exact) mass is 364 g/mol. The van der Waals surface area contributed by atoms with Crippen LogP contribution in [0.25, 0.3) is 21.2 Å². The molecule has 0 spiro atoms. The lowest BCUT2D eigenvalue weighted by molar-refractivity contribution is 0.0669. The second-order valence-electron chi connectivity index (χ2n) is 7.23. The lowest BCUT2D eigenvalue weighted by Crippen LogP contribution is -2.46. The number of amides is 1. The van der Waals surface area contributed by atoms with E-state index in [4.69, 9.17) is 0 Å². The van der Waals surface area contributed by atoms with Gasteiger partial charge < -0.3 is 9.80 Å². The SMILES string of the molecule is Cc1cc(C(=O)N2CCN(C)CC2)sc1-c1ccc2c(C)cccc2c1. The maximum Gasteiger partial charge on any atom is 0.264 e. The van der Waals surface area contributed by atoms with Gasteiger partial charge >= 0.3 is 0 Å². The highest BCUT2D eigenvalue weighted by Crippen LogP contribution is 2.35. The van der Waals surface area contributed by atoms with Crippen LogP contribution in [0.1, 0.15) is 20.8 Å². The van der Waals surface area contributed by atoms with E-state index in [0.717, 1.165) is 31.1 Å². The molecule has 3 nitrogen and oxygen atoms in total. The van der Waals surface area contributed by atoms with Crippen LogP contribution in [0.5, 0.6) is 0 Å². The molecule has 1 aliphatic heterocycles. The van der Waals surface area contributed by atoms with Crippen molar-refractivity contribution in [2.45, 2.75) is 13.8 Å². The third kappa shape index (κ3) is 3.15. The van der Waals surface area contributed by atoms with E-state index in [1.165, 1.54) is 32.3 Å². The Morgan fingerprint density at radius 3 is 2.50 bits per heavy atom. The summed E-state index contributed by atoms with van der Waals surface area (Å²) < 4.78 is 0. The number of hydrogen-bond acceptors (Lipinski definition) is 3. The van der Waals surface area contributed by atoms with Gasteiger partial charge in [0.15, 0.2) is 0 Å². The molecule has 1 aliphatic rings. The molecular weight excluding hydrogens is 340 g/mol. The maximum absolute atomic E-state index is 12.9. The van der Waals surface area contributed by atoms with Gasteiger partial charge in [0.1, 0.15) is 0 Å². The Labute approximate surface area is 158 Å². The topological polar surface area (TPSA) is 23.6 Å². The van der Waals surface area contributed by atoms with Crippen LogP contribution in [0.2, 0.25) is 0 Å². The lowest BCUT2D eigenvalue weighted by atomic mass is 10.0. The molecule has 1 saturated heterocycles. The summed E-state index contributed by atoms with van der Waals surface area (Å²) in [6.07, 6.45) is 0. The largest absolute Gasteiger partial charge is 0.335 e. The number of likely N-dealkylation sites (N-methyl/N-ethyl adjacent to an activating group) is 1. The van der Waals surface area contributed by atoms with Gasteiger partial charge in [-0.05, 0) is 60.5 Å². The van der Waals surface area contributed by atoms with Crippen molar-refractivity contribution in [3.63, 3.8) is 0 Å². The van der Waals surface area contributed by atoms with Crippen LogP contribution in [-0.2, 0) is 0 Å². The molecule has 1 aromatic heterocycles. The van der Waals surface area contributed by atoms with E-state index in [9.17, 15) is 4.79 Å². The van der Waals surface area contributed by atoms with Crippen LogP contribution in [0.4, 0.5) is 0 Å². The van der Waals surface area contributed by atoms with Gasteiger partial charge in [-0.3, -0.25) is 4.79 Å². The first-order valence-electron chi connectivity index (χ1n) is 9.11. The predicted octanol–water partition coefficient (Wildman–Crippen LogP) is 4.57. The smallest absolute Gasteiger partial charge is 0.264 e. The van der Waals surface area contributed by atoms with Gasteiger partial charge in [0.2, 0.25) is 0 Å². The minimum absolute atomic E-state index is 0.175. The minimum atomic E-state index is 0.175. The third-order valence-corrected chi connectivity index (χ3v) is 6.55. The number of carbonyl (C=O) groups is 1. The van der Waals surface area contributed by atoms with E-state index in [2.05, 4.69) is 68.3 Å². The fourth-order valence-electron chi connectivity index (χ4n) is 3.63. The standard InChI is InChI=1S/C22H24N2OS/c1-15-5-4-6-17-14-18(7-8-19(15)17)21-16(2)13-20(26-21)22(25)24-11-9-23(3)10-12-24/h4-8,13-14H,9-12H2,1-3H3. The molecule has 0 bridgehead atoms. The average Bonchev–Trinajstić information content (AvgIpc) is 3.03. The van der Waals surface area contributed by atoms with Crippen LogP contribution in [-0.4, -0.2) is 48.9 Å². The van der Waals surface area contributed by atoms with Crippen LogP contribution in [0.3, 0.4) is 0 Å². The molecule has 134 valence electrons. The van der Waals surface area contributed by atoms with Crippen molar-refractivity contribution >= 4 is 28.0 Å². The van der Waals surface area contributed by atoms with Crippen molar-refractivity contribution in [3.05, 3.63) is 58.5 Å². The van der Waals surface area contributed by atoms with Crippen molar-refractivity contribution in [1.82, 2.24) is 9.80 Å². The first-order valence-corrected chi connectivity index (χ1v) is 9.92. The van der Waals surface area contributed by atoms with Crippen molar-refractivity contribution < 1.29 is 4.79 Å². The summed E-state index contributed by atoms with van der Waals surface area (Å²) in [5.74, 6) is 0.175. The molecule has 4 rings (SSSR count). The first-order chi connectivity index (χ1) is 12.5. The van der Waals surface area contributed by atoms with Gasteiger partial charge in [0.25, 0.3) is 5.91 Å². The molecule has 0 radical (unpaired) electrons. The molecule has 0 atom stereocenters. The van der Waals surface area contributed by atoms with Crippen molar-refractivity contribution in [2.75, 3.05) is 33.2 Å². The summed E-state index contributed by atoms with van der Waals surface area (Å²) in [5.41, 5.74) is 3.67. The number of fused-ring (bicyclic) bond motifs is 1. The van der Waals surface area contributed by atoms with Gasteiger partial charge in [-0.25, -0.2) is 0 Å². The molecule has 1 fully saturated rings. The normalized spacial score (nSPS) is 15.6. The van der Waals surface area contributed by atoms with Gasteiger partial charge in [-0.2, -0.15) is 0 Å². The highest BCUT2D eigenvalue weighted by Gasteiger charge is 2.23. The van der Waals surface area contributed by atoms with E-state index in [1.807, 2.05) is 4.90 Å². The molecule has 0 aliphatic carbocycles. The molecule has 0 unspecified atom stereocenters. The molecule has 3 aromatic rings. The van der Waals surface area contributed by atoms with Crippen LogP contribution in [0, 0.1) is 13.8 Å². The summed E-state index contributed by atoms with van der Waals surface area (Å²) in [7, 11) is 2.11. The molecule has 0 saturated carbocycles. The van der Waals surface area contributed by atoms with E-state index in [0.29, 0.717) is 0 Å². The fraction of sp³-hybridized carbons (Fsp3) is 0.318. The number of thiophene rings is 1. The Balaban J connectivity index is 1.65. The van der Waals surface area contributed by atoms with Gasteiger partial charge in [0.05, 0.1) is 4.88 Å². The number of benzene rings is 2. The fourth-order valence-corrected chi connectivity index (χ4v) is 4.76. The maximum atomic E-state index is 12.9. The quantitative estimate of drug-likeness (QED) is 0.665. The molecule has 4 heteroatoms. The molecule has 2 aromatic carbocycles. The second kappa shape index (κ2) is 6.86. The number of rotatable bonds is 2. The van der Waals surface area contributed by atoms with Crippen molar-refractivity contribution in [1.29, 1.82) is 0 Å². The highest BCUT2D eigenvalue weighted by molar-refractivity contribution is 7.17. The Hall–Kier alpha value is -2.17. The zero-order chi connectivity index (χ0) is 18.3. The zero-order valence-corrected chi connectivity index (χ0v) is 16.4. The van der Waals surface area contributed by atoms with E-state index < -0.39 is 0 Å². The van der Waals surface area contributed by atoms with E-state index in [-0.39, 0.29) is 5.91 Å². The van der Waals surface area contributed by atoms with Crippen molar-refractivity contribution in [2.24, 2.45) is 0 Å². The molecular formula is C22H24N2OS. The van der Waals surface area contributed by atoms with Gasteiger partial charge in [-0.1, -0.05) is 30.3 Å². The van der Waals surface area contributed by atoms with Crippen LogP contribution < -0.4 is 0 Å². The Morgan fingerprint density at radius 2 is 1.73 bits per heavy atom. The summed E-state index contributed by atoms with van der Waals surface area (Å²) in [4.78, 5) is 19.2. The molecule has 1 amide bonds.